The summed E-state index contributed by atoms with van der Waals surface area (Å²) in [5.41, 5.74) is 7.44. The highest BCUT2D eigenvalue weighted by molar-refractivity contribution is 5.77. The smallest absolute Gasteiger partial charge is 0.223 e. The molecule has 1 saturated heterocycles. The molecule has 1 fully saturated rings. The quantitative estimate of drug-likeness (QED) is 0.919. The molecule has 2 rings (SSSR count). The molecule has 20 heavy (non-hydrogen) atoms. The number of amides is 1. The summed E-state index contributed by atoms with van der Waals surface area (Å²) in [6, 6.07) is 7.88. The number of benzene rings is 1. The fraction of sp³-hybridized carbons (Fsp3) is 0.562. The fourth-order valence-electron chi connectivity index (χ4n) is 2.91. The normalized spacial score (nSPS) is 23.6. The summed E-state index contributed by atoms with van der Waals surface area (Å²) in [6.07, 6.45) is 3.33. The lowest BCUT2D eigenvalue weighted by molar-refractivity contribution is -0.133. The van der Waals surface area contributed by atoms with E-state index in [1.807, 2.05) is 29.2 Å². The molecule has 2 N–H and O–H groups in total. The van der Waals surface area contributed by atoms with E-state index in [-0.39, 0.29) is 18.0 Å². The lowest BCUT2D eigenvalue weighted by Gasteiger charge is -2.34. The van der Waals surface area contributed by atoms with Crippen LogP contribution in [0, 0.1) is 0 Å². The van der Waals surface area contributed by atoms with E-state index in [9.17, 15) is 4.79 Å². The van der Waals surface area contributed by atoms with E-state index in [0.29, 0.717) is 6.42 Å². The average Bonchev–Trinajstić information content (AvgIpc) is 2.59. The number of nitrogens with zero attached hydrogens (tertiary/aromatic N) is 1. The van der Waals surface area contributed by atoms with Gasteiger partial charge in [-0.15, -0.1) is 0 Å². The zero-order valence-electron chi connectivity index (χ0n) is 12.3. The van der Waals surface area contributed by atoms with Crippen molar-refractivity contribution in [2.75, 3.05) is 13.7 Å². The van der Waals surface area contributed by atoms with E-state index in [1.54, 1.807) is 7.11 Å². The SMILES string of the molecule is CCCN1C(=O)CCCC(N)C1c1ccc(OC)cc1. The van der Waals surface area contributed by atoms with Gasteiger partial charge in [0.25, 0.3) is 0 Å². The summed E-state index contributed by atoms with van der Waals surface area (Å²) in [6.45, 7) is 2.86. The van der Waals surface area contributed by atoms with E-state index in [4.69, 9.17) is 10.5 Å². The molecule has 1 aromatic carbocycles. The van der Waals surface area contributed by atoms with Crippen molar-refractivity contribution in [2.24, 2.45) is 5.73 Å². The maximum Gasteiger partial charge on any atom is 0.223 e. The van der Waals surface area contributed by atoms with Gasteiger partial charge in [-0.05, 0) is 37.0 Å². The van der Waals surface area contributed by atoms with Crippen molar-refractivity contribution in [1.29, 1.82) is 0 Å². The van der Waals surface area contributed by atoms with E-state index in [2.05, 4.69) is 6.92 Å². The molecule has 0 aromatic heterocycles. The van der Waals surface area contributed by atoms with Gasteiger partial charge in [-0.2, -0.15) is 0 Å². The second-order valence-electron chi connectivity index (χ2n) is 5.36. The molecule has 4 heteroatoms. The van der Waals surface area contributed by atoms with Gasteiger partial charge in [-0.3, -0.25) is 4.79 Å². The Labute approximate surface area is 120 Å². The van der Waals surface area contributed by atoms with Crippen LogP contribution in [0.5, 0.6) is 5.75 Å². The maximum absolute atomic E-state index is 12.3. The third kappa shape index (κ3) is 3.12. The molecule has 2 atom stereocenters. The van der Waals surface area contributed by atoms with Crippen LogP contribution >= 0.6 is 0 Å². The zero-order valence-corrected chi connectivity index (χ0v) is 12.3. The molecule has 4 nitrogen and oxygen atoms in total. The number of carbonyl (C=O) groups excluding carboxylic acids is 1. The maximum atomic E-state index is 12.3. The molecular formula is C16H24N2O2. The summed E-state index contributed by atoms with van der Waals surface area (Å²) in [4.78, 5) is 14.3. The molecule has 0 saturated carbocycles. The first-order valence-corrected chi connectivity index (χ1v) is 7.36. The first-order chi connectivity index (χ1) is 9.67. The molecule has 0 bridgehead atoms. The fourth-order valence-corrected chi connectivity index (χ4v) is 2.91. The summed E-state index contributed by atoms with van der Waals surface area (Å²) in [5.74, 6) is 1.05. The predicted molar refractivity (Wildman–Crippen MR) is 79.6 cm³/mol. The molecule has 1 aromatic rings. The van der Waals surface area contributed by atoms with Crippen LogP contribution in [0.3, 0.4) is 0 Å². The number of rotatable bonds is 4. The Morgan fingerprint density at radius 2 is 2.05 bits per heavy atom. The number of nitrogens with two attached hydrogens (primary N) is 1. The van der Waals surface area contributed by atoms with Gasteiger partial charge in [0.1, 0.15) is 5.75 Å². The minimum Gasteiger partial charge on any atom is -0.497 e. The van der Waals surface area contributed by atoms with Crippen molar-refractivity contribution in [3.8, 4) is 5.75 Å². The largest absolute Gasteiger partial charge is 0.497 e. The number of likely N-dealkylation sites (tertiary alicyclic amines) is 1. The van der Waals surface area contributed by atoms with Gasteiger partial charge in [-0.1, -0.05) is 19.1 Å². The summed E-state index contributed by atoms with van der Waals surface area (Å²) >= 11 is 0. The Bertz CT molecular complexity index is 444. The highest BCUT2D eigenvalue weighted by Gasteiger charge is 2.32. The van der Waals surface area contributed by atoms with Crippen molar-refractivity contribution in [2.45, 2.75) is 44.7 Å². The van der Waals surface area contributed by atoms with E-state index in [1.165, 1.54) is 0 Å². The molecule has 0 aliphatic carbocycles. The highest BCUT2D eigenvalue weighted by Crippen LogP contribution is 2.31. The molecule has 0 radical (unpaired) electrons. The summed E-state index contributed by atoms with van der Waals surface area (Å²) < 4.78 is 5.19. The average molecular weight is 276 g/mol. The van der Waals surface area contributed by atoms with E-state index < -0.39 is 0 Å². The van der Waals surface area contributed by atoms with Gasteiger partial charge in [0.15, 0.2) is 0 Å². The summed E-state index contributed by atoms with van der Waals surface area (Å²) in [7, 11) is 1.65. The van der Waals surface area contributed by atoms with E-state index >= 15 is 0 Å². The standard InChI is InChI=1S/C16H24N2O2/c1-3-11-18-15(19)6-4-5-14(17)16(18)12-7-9-13(20-2)10-8-12/h7-10,14,16H,3-6,11,17H2,1-2H3. The van der Waals surface area contributed by atoms with Crippen molar-refractivity contribution < 1.29 is 9.53 Å². The van der Waals surface area contributed by atoms with E-state index in [0.717, 1.165) is 37.1 Å². The molecule has 1 aliphatic heterocycles. The molecule has 0 spiro atoms. The zero-order chi connectivity index (χ0) is 14.5. The van der Waals surface area contributed by atoms with Crippen molar-refractivity contribution in [3.05, 3.63) is 29.8 Å². The Kier molecular flexibility index (Phi) is 5.01. The number of ether oxygens (including phenoxy) is 1. The van der Waals surface area contributed by atoms with Crippen molar-refractivity contribution >= 4 is 5.91 Å². The predicted octanol–water partition coefficient (Wildman–Crippen LogP) is 2.49. The molecule has 110 valence electrons. The number of hydrogen-bond acceptors (Lipinski definition) is 3. The molecular weight excluding hydrogens is 252 g/mol. The Balaban J connectivity index is 2.32. The molecule has 1 heterocycles. The van der Waals surface area contributed by atoms with Crippen molar-refractivity contribution in [3.63, 3.8) is 0 Å². The first-order valence-electron chi connectivity index (χ1n) is 7.36. The number of carbonyl (C=O) groups is 1. The van der Waals surface area contributed by atoms with Gasteiger partial charge in [-0.25, -0.2) is 0 Å². The highest BCUT2D eigenvalue weighted by atomic mass is 16.5. The molecule has 1 amide bonds. The summed E-state index contributed by atoms with van der Waals surface area (Å²) in [5, 5.41) is 0. The minimum atomic E-state index is -0.0177. The second kappa shape index (κ2) is 6.75. The van der Waals surface area contributed by atoms with Crippen LogP contribution in [0.2, 0.25) is 0 Å². The van der Waals surface area contributed by atoms with Gasteiger partial charge < -0.3 is 15.4 Å². The van der Waals surface area contributed by atoms with Crippen LogP contribution in [0.15, 0.2) is 24.3 Å². The Morgan fingerprint density at radius 1 is 1.35 bits per heavy atom. The van der Waals surface area contributed by atoms with Gasteiger partial charge >= 0.3 is 0 Å². The number of hydrogen-bond donors (Lipinski definition) is 1. The lowest BCUT2D eigenvalue weighted by atomic mass is 9.96. The molecule has 1 aliphatic rings. The van der Waals surface area contributed by atoms with Gasteiger partial charge in [0, 0.05) is 19.0 Å². The third-order valence-electron chi connectivity index (χ3n) is 3.91. The minimum absolute atomic E-state index is 0.00129. The topological polar surface area (TPSA) is 55.6 Å². The van der Waals surface area contributed by atoms with Crippen LogP contribution in [0.1, 0.15) is 44.2 Å². The Morgan fingerprint density at radius 3 is 2.65 bits per heavy atom. The van der Waals surface area contributed by atoms with Crippen LogP contribution in [-0.4, -0.2) is 30.5 Å². The van der Waals surface area contributed by atoms with Crippen LogP contribution in [0.25, 0.3) is 0 Å². The van der Waals surface area contributed by atoms with Crippen LogP contribution < -0.4 is 10.5 Å². The van der Waals surface area contributed by atoms with Crippen molar-refractivity contribution in [1.82, 2.24) is 4.90 Å². The van der Waals surface area contributed by atoms with Gasteiger partial charge in [0.05, 0.1) is 13.2 Å². The second-order valence-corrected chi connectivity index (χ2v) is 5.36. The van der Waals surface area contributed by atoms with Gasteiger partial charge in [0.2, 0.25) is 5.91 Å². The molecule has 2 unspecified atom stereocenters. The Hall–Kier alpha value is -1.55. The first kappa shape index (κ1) is 14.9. The van der Waals surface area contributed by atoms with Crippen LogP contribution in [0.4, 0.5) is 0 Å². The monoisotopic (exact) mass is 276 g/mol. The third-order valence-corrected chi connectivity index (χ3v) is 3.91. The van der Waals surface area contributed by atoms with Crippen LogP contribution in [-0.2, 0) is 4.79 Å². The lowest BCUT2D eigenvalue weighted by Crippen LogP contribution is -2.42. The number of methoxy groups -OCH3 is 1.